The lowest BCUT2D eigenvalue weighted by Gasteiger charge is -2.16. The van der Waals surface area contributed by atoms with Crippen LogP contribution < -0.4 is 11.2 Å². The molecule has 120 valence electrons. The van der Waals surface area contributed by atoms with Gasteiger partial charge < -0.3 is 9.47 Å². The number of nitrogens with one attached hydrogen (secondary N) is 1. The number of hydrogen-bond acceptors (Lipinski definition) is 5. The van der Waals surface area contributed by atoms with E-state index >= 15 is 0 Å². The van der Waals surface area contributed by atoms with Crippen molar-refractivity contribution >= 4 is 5.97 Å². The summed E-state index contributed by atoms with van der Waals surface area (Å²) in [5.41, 5.74) is -0.914. The first-order valence-electron chi connectivity index (χ1n) is 7.77. The molecule has 2 unspecified atom stereocenters. The molecule has 1 N–H and O–H groups in total. The van der Waals surface area contributed by atoms with Gasteiger partial charge in [0.25, 0.3) is 5.56 Å². The third kappa shape index (κ3) is 3.30. The van der Waals surface area contributed by atoms with Gasteiger partial charge in [0.05, 0.1) is 12.0 Å². The Hall–Kier alpha value is -1.89. The van der Waals surface area contributed by atoms with Gasteiger partial charge in [0.2, 0.25) is 0 Å². The van der Waals surface area contributed by atoms with Crippen LogP contribution in [-0.4, -0.2) is 28.2 Å². The van der Waals surface area contributed by atoms with Gasteiger partial charge in [-0.05, 0) is 25.7 Å². The number of rotatable bonds is 4. The Bertz CT molecular complexity index is 644. The Morgan fingerprint density at radius 1 is 1.27 bits per heavy atom. The molecule has 1 aromatic heterocycles. The topological polar surface area (TPSA) is 90.4 Å². The number of carbonyl (C=O) groups excluding carboxylic acids is 1. The molecule has 7 heteroatoms. The maximum atomic E-state index is 11.9. The number of hydrogen-bond donors (Lipinski definition) is 1. The number of aromatic nitrogens is 2. The van der Waals surface area contributed by atoms with E-state index in [0.29, 0.717) is 12.8 Å². The Morgan fingerprint density at radius 2 is 2.05 bits per heavy atom. The number of ether oxygens (including phenoxy) is 2. The molecular formula is C15H20N2O5. The molecule has 0 radical (unpaired) electrons. The normalized spacial score (nSPS) is 25.5. The first-order chi connectivity index (χ1) is 10.6. The van der Waals surface area contributed by atoms with Gasteiger partial charge >= 0.3 is 11.7 Å². The maximum absolute atomic E-state index is 11.9. The molecular weight excluding hydrogens is 288 g/mol. The van der Waals surface area contributed by atoms with Gasteiger partial charge in [0.1, 0.15) is 12.8 Å². The molecule has 1 saturated heterocycles. The summed E-state index contributed by atoms with van der Waals surface area (Å²) in [7, 11) is 0. The second-order valence-corrected chi connectivity index (χ2v) is 5.92. The van der Waals surface area contributed by atoms with Crippen LogP contribution in [0.2, 0.25) is 0 Å². The van der Waals surface area contributed by atoms with Crippen molar-refractivity contribution in [3.8, 4) is 0 Å². The average molecular weight is 308 g/mol. The van der Waals surface area contributed by atoms with Crippen molar-refractivity contribution in [1.29, 1.82) is 0 Å². The molecule has 0 amide bonds. The zero-order valence-electron chi connectivity index (χ0n) is 12.3. The Labute approximate surface area is 127 Å². The molecule has 2 aliphatic rings. The van der Waals surface area contributed by atoms with Crippen LogP contribution in [0.3, 0.4) is 0 Å². The average Bonchev–Trinajstić information content (AvgIpc) is 3.16. The van der Waals surface area contributed by atoms with E-state index in [1.54, 1.807) is 0 Å². The van der Waals surface area contributed by atoms with Gasteiger partial charge in [-0.2, -0.15) is 0 Å². The summed E-state index contributed by atoms with van der Waals surface area (Å²) in [6.07, 6.45) is 6.20. The fraction of sp³-hybridized carbons (Fsp3) is 0.667. The highest BCUT2D eigenvalue weighted by Crippen LogP contribution is 2.29. The summed E-state index contributed by atoms with van der Waals surface area (Å²) in [4.78, 5) is 36.9. The molecule has 22 heavy (non-hydrogen) atoms. The molecule has 2 atom stereocenters. The van der Waals surface area contributed by atoms with Gasteiger partial charge in [-0.25, -0.2) is 4.79 Å². The van der Waals surface area contributed by atoms with Crippen molar-refractivity contribution in [3.05, 3.63) is 33.1 Å². The van der Waals surface area contributed by atoms with Gasteiger partial charge in [-0.15, -0.1) is 0 Å². The van der Waals surface area contributed by atoms with Crippen LogP contribution in [0.25, 0.3) is 0 Å². The Balaban J connectivity index is 1.52. The lowest BCUT2D eigenvalue weighted by molar-refractivity contribution is -0.153. The minimum atomic E-state index is -0.485. The molecule has 1 aliphatic heterocycles. The summed E-state index contributed by atoms with van der Waals surface area (Å²) in [6, 6.07) is 1.29. The molecule has 0 spiro atoms. The van der Waals surface area contributed by atoms with Gasteiger partial charge in [0, 0.05) is 12.3 Å². The standard InChI is InChI=1S/C15H20N2O5/c18-12-7-8-17(15(20)16-12)13-6-5-11(22-13)9-21-14(19)10-3-1-2-4-10/h7-8,10-11,13H,1-6,9H2,(H,16,18,20). The molecule has 1 aliphatic carbocycles. The number of aromatic amines is 1. The summed E-state index contributed by atoms with van der Waals surface area (Å²) < 4.78 is 12.4. The monoisotopic (exact) mass is 308 g/mol. The SMILES string of the molecule is O=C(OCC1CCC(n2ccc(=O)[nH]c2=O)O1)C1CCCC1. The van der Waals surface area contributed by atoms with Crippen molar-refractivity contribution in [1.82, 2.24) is 9.55 Å². The third-order valence-corrected chi connectivity index (χ3v) is 4.35. The molecule has 3 rings (SSSR count). The highest BCUT2D eigenvalue weighted by atomic mass is 16.6. The van der Waals surface area contributed by atoms with Crippen LogP contribution in [0.5, 0.6) is 0 Å². The van der Waals surface area contributed by atoms with E-state index in [2.05, 4.69) is 4.98 Å². The van der Waals surface area contributed by atoms with Crippen LogP contribution in [-0.2, 0) is 14.3 Å². The van der Waals surface area contributed by atoms with Crippen LogP contribution in [0.15, 0.2) is 21.9 Å². The second-order valence-electron chi connectivity index (χ2n) is 5.92. The first-order valence-corrected chi connectivity index (χ1v) is 7.77. The quantitative estimate of drug-likeness (QED) is 0.836. The molecule has 1 saturated carbocycles. The Morgan fingerprint density at radius 3 is 2.77 bits per heavy atom. The predicted molar refractivity (Wildman–Crippen MR) is 77.4 cm³/mol. The van der Waals surface area contributed by atoms with E-state index in [1.807, 2.05) is 0 Å². The van der Waals surface area contributed by atoms with E-state index in [0.717, 1.165) is 25.7 Å². The fourth-order valence-corrected chi connectivity index (χ4v) is 3.12. The molecule has 1 aromatic rings. The van der Waals surface area contributed by atoms with Gasteiger partial charge in [0.15, 0.2) is 0 Å². The van der Waals surface area contributed by atoms with Crippen molar-refractivity contribution in [2.45, 2.75) is 50.9 Å². The number of esters is 1. The Kier molecular flexibility index (Phi) is 4.42. The predicted octanol–water partition coefficient (Wildman–Crippen LogP) is 0.948. The van der Waals surface area contributed by atoms with Crippen molar-refractivity contribution in [2.75, 3.05) is 6.61 Å². The minimum Gasteiger partial charge on any atom is -0.463 e. The van der Waals surface area contributed by atoms with E-state index in [4.69, 9.17) is 9.47 Å². The smallest absolute Gasteiger partial charge is 0.330 e. The molecule has 2 heterocycles. The van der Waals surface area contributed by atoms with Crippen LogP contribution >= 0.6 is 0 Å². The second kappa shape index (κ2) is 6.48. The molecule has 7 nitrogen and oxygen atoms in total. The van der Waals surface area contributed by atoms with Crippen molar-refractivity contribution in [3.63, 3.8) is 0 Å². The summed E-state index contributed by atoms with van der Waals surface area (Å²) in [6.45, 7) is 0.226. The highest BCUT2D eigenvalue weighted by Gasteiger charge is 2.30. The van der Waals surface area contributed by atoms with Crippen molar-refractivity contribution in [2.24, 2.45) is 5.92 Å². The van der Waals surface area contributed by atoms with Crippen LogP contribution in [0, 0.1) is 5.92 Å². The highest BCUT2D eigenvalue weighted by molar-refractivity contribution is 5.72. The zero-order chi connectivity index (χ0) is 15.5. The van der Waals surface area contributed by atoms with E-state index in [-0.39, 0.29) is 24.6 Å². The van der Waals surface area contributed by atoms with Gasteiger partial charge in [-0.1, -0.05) is 12.8 Å². The number of carbonyl (C=O) groups is 1. The third-order valence-electron chi connectivity index (χ3n) is 4.35. The number of nitrogens with zero attached hydrogens (tertiary/aromatic N) is 1. The van der Waals surface area contributed by atoms with Crippen molar-refractivity contribution < 1.29 is 14.3 Å². The molecule has 2 fully saturated rings. The largest absolute Gasteiger partial charge is 0.463 e. The maximum Gasteiger partial charge on any atom is 0.330 e. The van der Waals surface area contributed by atoms with E-state index in [1.165, 1.54) is 16.8 Å². The molecule has 0 aromatic carbocycles. The summed E-state index contributed by atoms with van der Waals surface area (Å²) >= 11 is 0. The summed E-state index contributed by atoms with van der Waals surface area (Å²) in [5, 5.41) is 0. The first kappa shape index (κ1) is 15.0. The van der Waals surface area contributed by atoms with E-state index in [9.17, 15) is 14.4 Å². The zero-order valence-corrected chi connectivity index (χ0v) is 12.3. The van der Waals surface area contributed by atoms with E-state index < -0.39 is 17.5 Å². The lowest BCUT2D eigenvalue weighted by atomic mass is 10.1. The summed E-state index contributed by atoms with van der Waals surface area (Å²) in [5.74, 6) is -0.0928. The molecule has 0 bridgehead atoms. The lowest BCUT2D eigenvalue weighted by Crippen LogP contribution is -2.32. The fourth-order valence-electron chi connectivity index (χ4n) is 3.12. The minimum absolute atomic E-state index is 0.0408. The van der Waals surface area contributed by atoms with Gasteiger partial charge in [-0.3, -0.25) is 19.1 Å². The number of H-pyrrole nitrogens is 1. The van der Waals surface area contributed by atoms with Crippen LogP contribution in [0.1, 0.15) is 44.8 Å². The van der Waals surface area contributed by atoms with Crippen LogP contribution in [0.4, 0.5) is 0 Å².